The van der Waals surface area contributed by atoms with Gasteiger partial charge in [0.25, 0.3) is 0 Å². The number of esters is 1. The summed E-state index contributed by atoms with van der Waals surface area (Å²) in [6.07, 6.45) is 6.17. The topological polar surface area (TPSA) is 64.3 Å². The SMILES string of the molecule is COC(=O)c1cc(NC2CCCCC2)c(Br)cc1N. The maximum Gasteiger partial charge on any atom is 0.340 e. The molecule has 0 amide bonds. The minimum absolute atomic E-state index is 0.406. The van der Waals surface area contributed by atoms with Crippen LogP contribution in [0.1, 0.15) is 42.5 Å². The Kier molecular flexibility index (Phi) is 4.69. The van der Waals surface area contributed by atoms with E-state index >= 15 is 0 Å². The lowest BCUT2D eigenvalue weighted by molar-refractivity contribution is 0.0602. The van der Waals surface area contributed by atoms with Crippen molar-refractivity contribution >= 4 is 33.3 Å². The molecule has 0 saturated heterocycles. The zero-order valence-electron chi connectivity index (χ0n) is 11.0. The van der Waals surface area contributed by atoms with Crippen molar-refractivity contribution in [3.63, 3.8) is 0 Å². The van der Waals surface area contributed by atoms with Crippen molar-refractivity contribution in [1.29, 1.82) is 0 Å². The minimum Gasteiger partial charge on any atom is -0.465 e. The van der Waals surface area contributed by atoms with Crippen molar-refractivity contribution in [1.82, 2.24) is 0 Å². The van der Waals surface area contributed by atoms with Gasteiger partial charge >= 0.3 is 5.97 Å². The largest absolute Gasteiger partial charge is 0.465 e. The Morgan fingerprint density at radius 2 is 2.05 bits per heavy atom. The number of nitrogens with two attached hydrogens (primary N) is 1. The van der Waals surface area contributed by atoms with E-state index in [0.717, 1.165) is 10.2 Å². The van der Waals surface area contributed by atoms with E-state index in [0.29, 0.717) is 17.3 Å². The highest BCUT2D eigenvalue weighted by Gasteiger charge is 2.17. The predicted molar refractivity (Wildman–Crippen MR) is 80.4 cm³/mol. The number of rotatable bonds is 3. The van der Waals surface area contributed by atoms with Gasteiger partial charge in [-0.2, -0.15) is 0 Å². The van der Waals surface area contributed by atoms with Gasteiger partial charge in [0, 0.05) is 21.9 Å². The van der Waals surface area contributed by atoms with Crippen LogP contribution in [-0.4, -0.2) is 19.1 Å². The summed E-state index contributed by atoms with van der Waals surface area (Å²) in [7, 11) is 1.36. The maximum atomic E-state index is 11.6. The number of carbonyl (C=O) groups excluding carboxylic acids is 1. The monoisotopic (exact) mass is 326 g/mol. The number of anilines is 2. The van der Waals surface area contributed by atoms with Crippen molar-refractivity contribution in [2.45, 2.75) is 38.1 Å². The summed E-state index contributed by atoms with van der Waals surface area (Å²) in [5.74, 6) is -0.406. The molecular formula is C14H19BrN2O2. The molecule has 2 rings (SSSR count). The van der Waals surface area contributed by atoms with Crippen molar-refractivity contribution in [3.8, 4) is 0 Å². The number of carbonyl (C=O) groups is 1. The van der Waals surface area contributed by atoms with Gasteiger partial charge in [-0.05, 0) is 40.9 Å². The molecule has 1 saturated carbocycles. The minimum atomic E-state index is -0.406. The Hall–Kier alpha value is -1.23. The highest BCUT2D eigenvalue weighted by Crippen LogP contribution is 2.31. The standard InChI is InChI=1S/C14H19BrN2O2/c1-19-14(18)10-7-13(11(15)8-12(10)16)17-9-5-3-2-4-6-9/h7-9,17H,2-6,16H2,1H3. The number of nitrogen functional groups attached to an aromatic ring is 1. The highest BCUT2D eigenvalue weighted by atomic mass is 79.9. The molecule has 104 valence electrons. The summed E-state index contributed by atoms with van der Waals surface area (Å²) in [6.45, 7) is 0. The van der Waals surface area contributed by atoms with E-state index in [9.17, 15) is 4.79 Å². The molecule has 0 spiro atoms. The van der Waals surface area contributed by atoms with Crippen LogP contribution in [0.4, 0.5) is 11.4 Å². The summed E-state index contributed by atoms with van der Waals surface area (Å²) in [5, 5.41) is 3.49. The summed E-state index contributed by atoms with van der Waals surface area (Å²) < 4.78 is 5.62. The Morgan fingerprint density at radius 1 is 1.37 bits per heavy atom. The van der Waals surface area contributed by atoms with Crippen molar-refractivity contribution in [2.75, 3.05) is 18.2 Å². The second-order valence-electron chi connectivity index (χ2n) is 4.89. The average molecular weight is 327 g/mol. The van der Waals surface area contributed by atoms with E-state index in [1.807, 2.05) is 0 Å². The molecule has 1 fully saturated rings. The van der Waals surface area contributed by atoms with Crippen LogP contribution in [0, 0.1) is 0 Å². The lowest BCUT2D eigenvalue weighted by Gasteiger charge is -2.25. The number of nitrogens with one attached hydrogen (secondary N) is 1. The molecule has 1 aliphatic carbocycles. The van der Waals surface area contributed by atoms with Crippen LogP contribution in [0.25, 0.3) is 0 Å². The molecule has 0 atom stereocenters. The first-order valence-electron chi connectivity index (χ1n) is 6.55. The molecule has 0 radical (unpaired) electrons. The zero-order chi connectivity index (χ0) is 13.8. The average Bonchev–Trinajstić information content (AvgIpc) is 2.42. The number of hydrogen-bond donors (Lipinski definition) is 2. The third kappa shape index (κ3) is 3.41. The Labute approximate surface area is 121 Å². The molecule has 0 aromatic heterocycles. The van der Waals surface area contributed by atoms with Crippen molar-refractivity contribution < 1.29 is 9.53 Å². The van der Waals surface area contributed by atoms with Crippen LogP contribution in [0.3, 0.4) is 0 Å². The van der Waals surface area contributed by atoms with Crippen molar-refractivity contribution in [2.24, 2.45) is 0 Å². The third-order valence-corrected chi connectivity index (χ3v) is 4.17. The third-order valence-electron chi connectivity index (χ3n) is 3.51. The molecule has 0 unspecified atom stereocenters. The summed E-state index contributed by atoms with van der Waals surface area (Å²) in [4.78, 5) is 11.6. The fraction of sp³-hybridized carbons (Fsp3) is 0.500. The van der Waals surface area contributed by atoms with Crippen LogP contribution >= 0.6 is 15.9 Å². The second kappa shape index (κ2) is 6.28. The molecule has 19 heavy (non-hydrogen) atoms. The van der Waals surface area contributed by atoms with Gasteiger partial charge < -0.3 is 15.8 Å². The van der Waals surface area contributed by atoms with Gasteiger partial charge in [0.05, 0.1) is 12.7 Å². The first-order valence-corrected chi connectivity index (χ1v) is 7.35. The predicted octanol–water partition coefficient (Wildman–Crippen LogP) is 3.56. The normalized spacial score (nSPS) is 16.1. The fourth-order valence-electron chi connectivity index (χ4n) is 2.45. The number of halogens is 1. The summed E-state index contributed by atoms with van der Waals surface area (Å²) in [6, 6.07) is 3.98. The molecule has 0 aliphatic heterocycles. The first-order chi connectivity index (χ1) is 9.11. The van der Waals surface area contributed by atoms with E-state index < -0.39 is 5.97 Å². The van der Waals surface area contributed by atoms with Gasteiger partial charge in [0.15, 0.2) is 0 Å². The van der Waals surface area contributed by atoms with Crippen LogP contribution < -0.4 is 11.1 Å². The van der Waals surface area contributed by atoms with Crippen LogP contribution in [0.15, 0.2) is 16.6 Å². The van der Waals surface area contributed by atoms with E-state index in [-0.39, 0.29) is 0 Å². The van der Waals surface area contributed by atoms with E-state index in [1.165, 1.54) is 39.2 Å². The number of hydrogen-bond acceptors (Lipinski definition) is 4. The van der Waals surface area contributed by atoms with Gasteiger partial charge in [-0.25, -0.2) is 4.79 Å². The molecule has 0 bridgehead atoms. The fourth-order valence-corrected chi connectivity index (χ4v) is 2.93. The van der Waals surface area contributed by atoms with E-state index in [4.69, 9.17) is 10.5 Å². The van der Waals surface area contributed by atoms with Gasteiger partial charge in [-0.15, -0.1) is 0 Å². The first kappa shape index (κ1) is 14.2. The van der Waals surface area contributed by atoms with Crippen LogP contribution in [0.2, 0.25) is 0 Å². The van der Waals surface area contributed by atoms with Crippen LogP contribution in [-0.2, 0) is 4.74 Å². The Morgan fingerprint density at radius 3 is 2.68 bits per heavy atom. The smallest absolute Gasteiger partial charge is 0.340 e. The summed E-state index contributed by atoms with van der Waals surface area (Å²) >= 11 is 3.48. The molecule has 1 aromatic carbocycles. The zero-order valence-corrected chi connectivity index (χ0v) is 12.6. The quantitative estimate of drug-likeness (QED) is 0.658. The number of benzene rings is 1. The van der Waals surface area contributed by atoms with Gasteiger partial charge in [-0.3, -0.25) is 0 Å². The molecule has 3 N–H and O–H groups in total. The number of ether oxygens (including phenoxy) is 1. The van der Waals surface area contributed by atoms with Gasteiger partial charge in [0.2, 0.25) is 0 Å². The Balaban J connectivity index is 2.21. The molecule has 5 heteroatoms. The lowest BCUT2D eigenvalue weighted by atomic mass is 9.95. The highest BCUT2D eigenvalue weighted by molar-refractivity contribution is 9.10. The maximum absolute atomic E-state index is 11.6. The molecule has 4 nitrogen and oxygen atoms in total. The van der Waals surface area contributed by atoms with E-state index in [1.54, 1.807) is 12.1 Å². The van der Waals surface area contributed by atoms with Gasteiger partial charge in [-0.1, -0.05) is 19.3 Å². The van der Waals surface area contributed by atoms with Crippen molar-refractivity contribution in [3.05, 3.63) is 22.2 Å². The lowest BCUT2D eigenvalue weighted by Crippen LogP contribution is -2.22. The Bertz CT molecular complexity index is 471. The van der Waals surface area contributed by atoms with E-state index in [2.05, 4.69) is 21.2 Å². The molecule has 0 heterocycles. The molecule has 1 aliphatic rings. The number of methoxy groups -OCH3 is 1. The molecule has 1 aromatic rings. The summed E-state index contributed by atoms with van der Waals surface area (Å²) in [5.41, 5.74) is 7.58. The second-order valence-corrected chi connectivity index (χ2v) is 5.74. The molecular weight excluding hydrogens is 308 g/mol. The van der Waals surface area contributed by atoms with Crippen LogP contribution in [0.5, 0.6) is 0 Å². The van der Waals surface area contributed by atoms with Gasteiger partial charge in [0.1, 0.15) is 0 Å².